The number of hydrogen-bond acceptors (Lipinski definition) is 6. The fraction of sp³-hybridized carbons (Fsp3) is 0.167. The molecule has 1 N–H and O–H groups in total. The van der Waals surface area contributed by atoms with Crippen molar-refractivity contribution >= 4 is 28.9 Å². The summed E-state index contributed by atoms with van der Waals surface area (Å²) < 4.78 is 10.2. The van der Waals surface area contributed by atoms with Gasteiger partial charge in [0.15, 0.2) is 11.5 Å². The van der Waals surface area contributed by atoms with Gasteiger partial charge in [0.25, 0.3) is 5.91 Å². The minimum absolute atomic E-state index is 0.256. The van der Waals surface area contributed by atoms with Crippen molar-refractivity contribution in [3.05, 3.63) is 57.4 Å². The van der Waals surface area contributed by atoms with Crippen LogP contribution >= 0.6 is 11.3 Å². The van der Waals surface area contributed by atoms with E-state index in [-0.39, 0.29) is 11.3 Å². The SMILES string of the molecule is COC(=O)c1ccccc1NC(=O)c1noc2c1CCc1sccc1-2. The van der Waals surface area contributed by atoms with Crippen LogP contribution in [0.1, 0.15) is 31.3 Å². The number of benzene rings is 1. The second-order valence-corrected chi connectivity index (χ2v) is 6.59. The number of rotatable bonds is 3. The third-order valence-corrected chi connectivity index (χ3v) is 5.16. The topological polar surface area (TPSA) is 81.4 Å². The van der Waals surface area contributed by atoms with E-state index in [1.165, 1.54) is 12.0 Å². The predicted molar refractivity (Wildman–Crippen MR) is 93.0 cm³/mol. The molecule has 7 heteroatoms. The number of nitrogens with one attached hydrogen (secondary N) is 1. The molecule has 2 heterocycles. The molecule has 0 saturated heterocycles. The maximum absolute atomic E-state index is 12.7. The number of carbonyl (C=O) groups excluding carboxylic acids is 2. The van der Waals surface area contributed by atoms with Crippen molar-refractivity contribution in [2.45, 2.75) is 12.8 Å². The lowest BCUT2D eigenvalue weighted by Crippen LogP contribution is -2.17. The van der Waals surface area contributed by atoms with Crippen molar-refractivity contribution < 1.29 is 18.8 Å². The van der Waals surface area contributed by atoms with E-state index in [1.54, 1.807) is 35.6 Å². The lowest BCUT2D eigenvalue weighted by atomic mass is 9.95. The average Bonchev–Trinajstić information content (AvgIpc) is 3.27. The Morgan fingerprint density at radius 3 is 2.92 bits per heavy atom. The van der Waals surface area contributed by atoms with Gasteiger partial charge >= 0.3 is 5.97 Å². The number of amides is 1. The normalized spacial score (nSPS) is 12.2. The number of fused-ring (bicyclic) bond motifs is 3. The van der Waals surface area contributed by atoms with E-state index in [4.69, 9.17) is 9.26 Å². The molecule has 1 aliphatic carbocycles. The zero-order valence-corrected chi connectivity index (χ0v) is 14.2. The first-order valence-electron chi connectivity index (χ1n) is 7.73. The van der Waals surface area contributed by atoms with E-state index >= 15 is 0 Å². The number of esters is 1. The third kappa shape index (κ3) is 2.62. The summed E-state index contributed by atoms with van der Waals surface area (Å²) in [7, 11) is 1.30. The van der Waals surface area contributed by atoms with Crippen LogP contribution in [0.3, 0.4) is 0 Å². The van der Waals surface area contributed by atoms with Gasteiger partial charge in [-0.15, -0.1) is 11.3 Å². The second-order valence-electron chi connectivity index (χ2n) is 5.59. The number of nitrogens with zero attached hydrogens (tertiary/aromatic N) is 1. The Hall–Kier alpha value is -2.93. The predicted octanol–water partition coefficient (Wildman–Crippen LogP) is 3.54. The van der Waals surface area contributed by atoms with Crippen molar-refractivity contribution in [2.75, 3.05) is 12.4 Å². The van der Waals surface area contributed by atoms with Crippen LogP contribution < -0.4 is 5.32 Å². The molecule has 4 rings (SSSR count). The molecule has 0 fully saturated rings. The summed E-state index contributed by atoms with van der Waals surface area (Å²) in [5, 5.41) is 8.71. The molecule has 2 aromatic heterocycles. The van der Waals surface area contributed by atoms with E-state index in [2.05, 4.69) is 10.5 Å². The molecule has 1 aliphatic rings. The van der Waals surface area contributed by atoms with Gasteiger partial charge in [-0.2, -0.15) is 0 Å². The van der Waals surface area contributed by atoms with Crippen LogP contribution in [0, 0.1) is 0 Å². The van der Waals surface area contributed by atoms with E-state index in [1.807, 2.05) is 11.4 Å². The van der Waals surface area contributed by atoms with Crippen LogP contribution in [0.2, 0.25) is 0 Å². The quantitative estimate of drug-likeness (QED) is 0.728. The van der Waals surface area contributed by atoms with Gasteiger partial charge in [0.1, 0.15) is 0 Å². The van der Waals surface area contributed by atoms with Crippen LogP contribution in [-0.4, -0.2) is 24.1 Å². The smallest absolute Gasteiger partial charge is 0.339 e. The summed E-state index contributed by atoms with van der Waals surface area (Å²) in [6, 6.07) is 8.67. The van der Waals surface area contributed by atoms with Gasteiger partial charge in [0.2, 0.25) is 0 Å². The molecule has 3 aromatic rings. The van der Waals surface area contributed by atoms with Crippen molar-refractivity contribution in [1.82, 2.24) is 5.16 Å². The van der Waals surface area contributed by atoms with Gasteiger partial charge in [-0.25, -0.2) is 4.79 Å². The Kier molecular flexibility index (Phi) is 3.85. The molecule has 25 heavy (non-hydrogen) atoms. The molecule has 126 valence electrons. The van der Waals surface area contributed by atoms with Gasteiger partial charge in [0, 0.05) is 16.0 Å². The lowest BCUT2D eigenvalue weighted by molar-refractivity contribution is 0.0602. The molecule has 0 saturated carbocycles. The summed E-state index contributed by atoms with van der Waals surface area (Å²) >= 11 is 1.68. The molecule has 6 nitrogen and oxygen atoms in total. The zero-order chi connectivity index (χ0) is 17.4. The van der Waals surface area contributed by atoms with Crippen molar-refractivity contribution in [3.63, 3.8) is 0 Å². The molecule has 1 amide bonds. The number of hydrogen-bond donors (Lipinski definition) is 1. The number of anilines is 1. The Labute approximate surface area is 147 Å². The van der Waals surface area contributed by atoms with Gasteiger partial charge in [0.05, 0.1) is 18.4 Å². The summed E-state index contributed by atoms with van der Waals surface area (Å²) in [5.74, 6) is -0.255. The monoisotopic (exact) mass is 354 g/mol. The van der Waals surface area contributed by atoms with Crippen LogP contribution in [0.4, 0.5) is 5.69 Å². The van der Waals surface area contributed by atoms with Crippen LogP contribution in [0.5, 0.6) is 0 Å². The highest BCUT2D eigenvalue weighted by atomic mass is 32.1. The highest BCUT2D eigenvalue weighted by molar-refractivity contribution is 7.10. The number of aryl methyl sites for hydroxylation is 1. The molecule has 0 spiro atoms. The van der Waals surface area contributed by atoms with Gasteiger partial charge < -0.3 is 14.6 Å². The van der Waals surface area contributed by atoms with Crippen molar-refractivity contribution in [1.29, 1.82) is 0 Å². The van der Waals surface area contributed by atoms with Crippen LogP contribution in [-0.2, 0) is 17.6 Å². The molecular weight excluding hydrogens is 340 g/mol. The maximum Gasteiger partial charge on any atom is 0.339 e. The number of para-hydroxylation sites is 1. The zero-order valence-electron chi connectivity index (χ0n) is 13.4. The number of ether oxygens (including phenoxy) is 1. The number of methoxy groups -OCH3 is 1. The first-order chi connectivity index (χ1) is 12.2. The van der Waals surface area contributed by atoms with Gasteiger partial charge in [-0.05, 0) is 36.4 Å². The second kappa shape index (κ2) is 6.18. The van der Waals surface area contributed by atoms with Crippen molar-refractivity contribution in [2.24, 2.45) is 0 Å². The lowest BCUT2D eigenvalue weighted by Gasteiger charge is -2.11. The van der Waals surface area contributed by atoms with Gasteiger partial charge in [-0.1, -0.05) is 17.3 Å². The summed E-state index contributed by atoms with van der Waals surface area (Å²) in [5.41, 5.74) is 2.73. The maximum atomic E-state index is 12.7. The molecule has 0 radical (unpaired) electrons. The first-order valence-corrected chi connectivity index (χ1v) is 8.61. The van der Waals surface area contributed by atoms with E-state index in [0.29, 0.717) is 17.9 Å². The highest BCUT2D eigenvalue weighted by Crippen LogP contribution is 2.38. The third-order valence-electron chi connectivity index (χ3n) is 4.18. The van der Waals surface area contributed by atoms with E-state index < -0.39 is 11.9 Å². The Morgan fingerprint density at radius 1 is 1.24 bits per heavy atom. The number of carbonyl (C=O) groups is 2. The summed E-state index contributed by atoms with van der Waals surface area (Å²) in [6.45, 7) is 0. The molecule has 0 aliphatic heterocycles. The standard InChI is InChI=1S/C18H14N2O4S/c1-23-18(22)10-4-2-3-5-13(10)19-17(21)15-12-6-7-14-11(8-9-25-14)16(12)24-20-15/h2-5,8-9H,6-7H2,1H3,(H,19,21). The largest absolute Gasteiger partial charge is 0.465 e. The van der Waals surface area contributed by atoms with Crippen molar-refractivity contribution in [3.8, 4) is 11.3 Å². The van der Waals surface area contributed by atoms with Crippen LogP contribution in [0.25, 0.3) is 11.3 Å². The van der Waals surface area contributed by atoms with Crippen LogP contribution in [0.15, 0.2) is 40.2 Å². The minimum Gasteiger partial charge on any atom is -0.465 e. The average molecular weight is 354 g/mol. The molecular formula is C18H14N2O4S. The highest BCUT2D eigenvalue weighted by Gasteiger charge is 2.28. The Balaban J connectivity index is 1.66. The summed E-state index contributed by atoms with van der Waals surface area (Å²) in [4.78, 5) is 25.8. The fourth-order valence-electron chi connectivity index (χ4n) is 2.97. The molecule has 0 unspecified atom stereocenters. The van der Waals surface area contributed by atoms with Gasteiger partial charge in [-0.3, -0.25) is 4.79 Å². The Bertz CT molecular complexity index is 973. The minimum atomic E-state index is -0.513. The first kappa shape index (κ1) is 15.6. The molecule has 0 bridgehead atoms. The number of thiophene rings is 1. The Morgan fingerprint density at radius 2 is 2.08 bits per heavy atom. The molecule has 0 atom stereocenters. The number of aromatic nitrogens is 1. The molecule has 1 aromatic carbocycles. The summed E-state index contributed by atoms with van der Waals surface area (Å²) in [6.07, 6.45) is 1.56. The fourth-order valence-corrected chi connectivity index (χ4v) is 3.84. The van der Waals surface area contributed by atoms with E-state index in [0.717, 1.165) is 17.5 Å². The van der Waals surface area contributed by atoms with E-state index in [9.17, 15) is 9.59 Å².